The Morgan fingerprint density at radius 3 is 2.25 bits per heavy atom. The van der Waals surface area contributed by atoms with E-state index in [4.69, 9.17) is 17.3 Å². The molecular weight excluding hydrogens is 162 g/mol. The number of nitrogens with two attached hydrogens (primary N) is 3. The Kier molecular flexibility index (Phi) is 4.35. The van der Waals surface area contributed by atoms with Crippen molar-refractivity contribution in [1.82, 2.24) is 0 Å². The number of primary amides is 2. The van der Waals surface area contributed by atoms with E-state index in [1.807, 2.05) is 0 Å². The molecule has 0 aromatic heterocycles. The van der Waals surface area contributed by atoms with Gasteiger partial charge in [0.2, 0.25) is 11.8 Å². The molecule has 2 amide bonds. The Morgan fingerprint density at radius 1 is 1.33 bits per heavy atom. The Hall–Kier alpha value is -1.66. The number of hydrogen-bond acceptors (Lipinski definition) is 4. The standard InChI is InChI=1S/C5H11N5O2/c6-4(11)2-1-3(5(7)12)9-10-8/h3H,1-2H2,(H2,6,11)(H2,7,12)(H2,8,9). The van der Waals surface area contributed by atoms with Crippen molar-refractivity contribution in [2.45, 2.75) is 18.9 Å². The van der Waals surface area contributed by atoms with Gasteiger partial charge in [-0.05, 0) is 6.42 Å². The van der Waals surface area contributed by atoms with E-state index >= 15 is 0 Å². The summed E-state index contributed by atoms with van der Waals surface area (Å²) in [5, 5.41) is 6.22. The molecule has 1 unspecified atom stereocenters. The zero-order chi connectivity index (χ0) is 9.56. The lowest BCUT2D eigenvalue weighted by Crippen LogP contribution is -2.28. The van der Waals surface area contributed by atoms with Gasteiger partial charge in [0.1, 0.15) is 0 Å². The van der Waals surface area contributed by atoms with Crippen molar-refractivity contribution in [3.63, 3.8) is 0 Å². The second kappa shape index (κ2) is 5.05. The van der Waals surface area contributed by atoms with Gasteiger partial charge >= 0.3 is 0 Å². The van der Waals surface area contributed by atoms with E-state index in [0.29, 0.717) is 0 Å². The van der Waals surface area contributed by atoms with Gasteiger partial charge in [0, 0.05) is 6.42 Å². The Balaban J connectivity index is 3.96. The third kappa shape index (κ3) is 4.20. The van der Waals surface area contributed by atoms with Crippen LogP contribution in [-0.2, 0) is 9.59 Å². The molecule has 0 aromatic rings. The molecule has 7 heteroatoms. The fourth-order valence-corrected chi connectivity index (χ4v) is 0.616. The summed E-state index contributed by atoms with van der Waals surface area (Å²) < 4.78 is 0. The molecule has 0 aliphatic carbocycles. The Bertz CT molecular complexity index is 202. The average Bonchev–Trinajstić information content (AvgIpc) is 1.96. The zero-order valence-electron chi connectivity index (χ0n) is 6.43. The van der Waals surface area contributed by atoms with Crippen LogP contribution in [0, 0.1) is 0 Å². The summed E-state index contributed by atoms with van der Waals surface area (Å²) in [6.07, 6.45) is 0.179. The topological polar surface area (TPSA) is 137 Å². The third-order valence-electron chi connectivity index (χ3n) is 1.20. The summed E-state index contributed by atoms with van der Waals surface area (Å²) in [7, 11) is 0. The van der Waals surface area contributed by atoms with Gasteiger partial charge in [0.25, 0.3) is 0 Å². The van der Waals surface area contributed by atoms with Gasteiger partial charge in [0.15, 0.2) is 6.04 Å². The third-order valence-corrected chi connectivity index (χ3v) is 1.20. The van der Waals surface area contributed by atoms with Crippen molar-refractivity contribution < 1.29 is 9.59 Å². The van der Waals surface area contributed by atoms with Crippen LogP contribution in [0.25, 0.3) is 0 Å². The first kappa shape index (κ1) is 10.3. The molecule has 0 aliphatic heterocycles. The summed E-state index contributed by atoms with van der Waals surface area (Å²) >= 11 is 0. The van der Waals surface area contributed by atoms with Gasteiger partial charge < -0.3 is 17.3 Å². The lowest BCUT2D eigenvalue weighted by Gasteiger charge is -2.03. The molecule has 0 saturated heterocycles. The Labute approximate surface area is 69.0 Å². The first-order valence-corrected chi connectivity index (χ1v) is 3.25. The van der Waals surface area contributed by atoms with Crippen LogP contribution >= 0.6 is 0 Å². The highest BCUT2D eigenvalue weighted by atomic mass is 16.1. The number of rotatable bonds is 5. The van der Waals surface area contributed by atoms with Crippen molar-refractivity contribution in [2.24, 2.45) is 27.6 Å². The van der Waals surface area contributed by atoms with E-state index < -0.39 is 17.9 Å². The van der Waals surface area contributed by atoms with Crippen molar-refractivity contribution in [3.8, 4) is 0 Å². The first-order chi connectivity index (χ1) is 5.57. The maximum Gasteiger partial charge on any atom is 0.244 e. The van der Waals surface area contributed by atoms with E-state index in [1.165, 1.54) is 0 Å². The molecule has 0 aromatic carbocycles. The molecule has 0 aliphatic rings. The molecule has 7 nitrogen and oxygen atoms in total. The quantitative estimate of drug-likeness (QED) is 0.263. The van der Waals surface area contributed by atoms with Gasteiger partial charge in [0.05, 0.1) is 0 Å². The van der Waals surface area contributed by atoms with Crippen LogP contribution in [0.4, 0.5) is 0 Å². The molecular formula is C5H11N5O2. The normalized spacial score (nSPS) is 13.0. The fraction of sp³-hybridized carbons (Fsp3) is 0.600. The minimum atomic E-state index is -0.859. The molecule has 6 N–H and O–H groups in total. The van der Waals surface area contributed by atoms with E-state index in [9.17, 15) is 9.59 Å². The van der Waals surface area contributed by atoms with Gasteiger partial charge in [-0.2, -0.15) is 5.11 Å². The maximum atomic E-state index is 10.6. The summed E-state index contributed by atoms with van der Waals surface area (Å²) in [5.41, 5.74) is 9.75. The van der Waals surface area contributed by atoms with Gasteiger partial charge in [-0.3, -0.25) is 9.59 Å². The number of carbonyl (C=O) groups is 2. The van der Waals surface area contributed by atoms with Crippen LogP contribution in [0.3, 0.4) is 0 Å². The largest absolute Gasteiger partial charge is 0.370 e. The second-order valence-electron chi connectivity index (χ2n) is 2.15. The zero-order valence-corrected chi connectivity index (χ0v) is 6.43. The second-order valence-corrected chi connectivity index (χ2v) is 2.15. The monoisotopic (exact) mass is 173 g/mol. The van der Waals surface area contributed by atoms with Crippen molar-refractivity contribution in [2.75, 3.05) is 0 Å². The number of carbonyl (C=O) groups excluding carboxylic acids is 2. The number of hydrogen-bond donors (Lipinski definition) is 3. The van der Waals surface area contributed by atoms with Crippen LogP contribution < -0.4 is 17.3 Å². The van der Waals surface area contributed by atoms with Crippen molar-refractivity contribution in [3.05, 3.63) is 0 Å². The molecule has 0 bridgehead atoms. The van der Waals surface area contributed by atoms with Gasteiger partial charge in [-0.25, -0.2) is 0 Å². The van der Waals surface area contributed by atoms with E-state index in [0.717, 1.165) is 0 Å². The first-order valence-electron chi connectivity index (χ1n) is 3.25. The van der Waals surface area contributed by atoms with E-state index in [2.05, 4.69) is 10.3 Å². The molecule has 12 heavy (non-hydrogen) atoms. The van der Waals surface area contributed by atoms with Crippen molar-refractivity contribution in [1.29, 1.82) is 0 Å². The molecule has 0 radical (unpaired) electrons. The van der Waals surface area contributed by atoms with Crippen LogP contribution in [0.5, 0.6) is 0 Å². The summed E-state index contributed by atoms with van der Waals surface area (Å²) in [4.78, 5) is 20.9. The van der Waals surface area contributed by atoms with Crippen LogP contribution in [-0.4, -0.2) is 17.9 Å². The highest BCUT2D eigenvalue weighted by Gasteiger charge is 2.14. The summed E-state index contributed by atoms with van der Waals surface area (Å²) in [6, 6.07) is -0.859. The molecule has 68 valence electrons. The van der Waals surface area contributed by atoms with Crippen molar-refractivity contribution >= 4 is 11.8 Å². The van der Waals surface area contributed by atoms with Crippen LogP contribution in [0.2, 0.25) is 0 Å². The van der Waals surface area contributed by atoms with Crippen LogP contribution in [0.1, 0.15) is 12.8 Å². The highest BCUT2D eigenvalue weighted by molar-refractivity contribution is 5.81. The molecule has 0 rings (SSSR count). The van der Waals surface area contributed by atoms with E-state index in [1.54, 1.807) is 0 Å². The average molecular weight is 173 g/mol. The lowest BCUT2D eigenvalue weighted by molar-refractivity contribution is -0.120. The molecule has 1 atom stereocenters. The van der Waals surface area contributed by atoms with Gasteiger partial charge in [-0.15, -0.1) is 0 Å². The van der Waals surface area contributed by atoms with Crippen LogP contribution in [0.15, 0.2) is 10.3 Å². The highest BCUT2D eigenvalue weighted by Crippen LogP contribution is 2.00. The fourth-order valence-electron chi connectivity index (χ4n) is 0.616. The molecule has 0 spiro atoms. The predicted molar refractivity (Wildman–Crippen MR) is 40.5 cm³/mol. The number of nitrogens with zero attached hydrogens (tertiary/aromatic N) is 2. The molecule has 0 saturated carbocycles. The maximum absolute atomic E-state index is 10.6. The molecule has 0 fully saturated rings. The predicted octanol–water partition coefficient (Wildman–Crippen LogP) is -1.57. The summed E-state index contributed by atoms with van der Waals surface area (Å²) in [5.74, 6) is 3.51. The Morgan fingerprint density at radius 2 is 1.92 bits per heavy atom. The minimum absolute atomic E-state index is 0.0344. The molecule has 0 heterocycles. The SMILES string of the molecule is NN=NC(CCC(N)=O)C(N)=O. The lowest BCUT2D eigenvalue weighted by atomic mass is 10.1. The van der Waals surface area contributed by atoms with Gasteiger partial charge in [-0.1, -0.05) is 5.22 Å². The minimum Gasteiger partial charge on any atom is -0.370 e. The summed E-state index contributed by atoms with van der Waals surface area (Å²) in [6.45, 7) is 0. The number of amides is 2. The smallest absolute Gasteiger partial charge is 0.244 e. The van der Waals surface area contributed by atoms with E-state index in [-0.39, 0.29) is 12.8 Å².